The van der Waals surface area contributed by atoms with Crippen LogP contribution in [0.1, 0.15) is 44.1 Å². The van der Waals surface area contributed by atoms with Crippen molar-refractivity contribution < 1.29 is 9.59 Å². The average molecular weight is 396 g/mol. The fourth-order valence-corrected chi connectivity index (χ4v) is 4.46. The summed E-state index contributed by atoms with van der Waals surface area (Å²) in [5, 5.41) is 13.8. The zero-order valence-electron chi connectivity index (χ0n) is 16.7. The van der Waals surface area contributed by atoms with Crippen LogP contribution in [-0.2, 0) is 21.7 Å². The van der Waals surface area contributed by atoms with Gasteiger partial charge in [-0.15, -0.1) is 0 Å². The van der Waals surface area contributed by atoms with E-state index in [2.05, 4.69) is 21.0 Å². The zero-order chi connectivity index (χ0) is 20.1. The van der Waals surface area contributed by atoms with Gasteiger partial charge in [-0.25, -0.2) is 0 Å². The van der Waals surface area contributed by atoms with Crippen LogP contribution in [0.5, 0.6) is 0 Å². The fourth-order valence-electron chi connectivity index (χ4n) is 4.46. The molecule has 1 aromatic carbocycles. The van der Waals surface area contributed by atoms with Crippen LogP contribution >= 0.6 is 0 Å². The highest BCUT2D eigenvalue weighted by Gasteiger charge is 2.41. The van der Waals surface area contributed by atoms with Crippen LogP contribution in [0.2, 0.25) is 0 Å². The molecule has 2 aromatic rings. The van der Waals surface area contributed by atoms with E-state index >= 15 is 0 Å². The van der Waals surface area contributed by atoms with Crippen LogP contribution in [0.4, 0.5) is 5.69 Å². The van der Waals surface area contributed by atoms with E-state index in [4.69, 9.17) is 0 Å². The lowest BCUT2D eigenvalue weighted by molar-refractivity contribution is -0.132. The number of benzene rings is 1. The summed E-state index contributed by atoms with van der Waals surface area (Å²) in [6.45, 7) is 1.99. The first-order chi connectivity index (χ1) is 14.2. The molecule has 7 heteroatoms. The first-order valence-corrected chi connectivity index (χ1v) is 10.6. The number of aromatic nitrogens is 2. The molecule has 2 heterocycles. The maximum atomic E-state index is 13.2. The van der Waals surface area contributed by atoms with E-state index in [1.165, 1.54) is 0 Å². The molecule has 0 radical (unpaired) electrons. The second-order valence-electron chi connectivity index (χ2n) is 8.09. The predicted octanol–water partition coefficient (Wildman–Crippen LogP) is 2.41. The highest BCUT2D eigenvalue weighted by Crippen LogP contribution is 2.28. The summed E-state index contributed by atoms with van der Waals surface area (Å²) in [6.07, 6.45) is 9.22. The zero-order valence-corrected chi connectivity index (χ0v) is 16.7. The van der Waals surface area contributed by atoms with Crippen molar-refractivity contribution in [2.24, 2.45) is 5.92 Å². The molecule has 0 spiro atoms. The van der Waals surface area contributed by atoms with Gasteiger partial charge in [0.05, 0.1) is 0 Å². The fraction of sp³-hybridized carbons (Fsp3) is 0.500. The first kappa shape index (κ1) is 19.6. The standard InChI is InChI=1S/C22H29N5O2/c28-20(18-6-1-2-7-18)26-19-8-3-5-17(15-19)16-24-21(29)22(9-12-23-13-10-22)27-14-4-11-25-27/h3-5,8,11,14-15,18,23H,1-2,6-7,9-10,12-13,16H2,(H,24,29)(H,26,28). The number of carbonyl (C=O) groups is 2. The minimum atomic E-state index is -0.650. The molecule has 7 nitrogen and oxygen atoms in total. The lowest BCUT2D eigenvalue weighted by atomic mass is 9.87. The molecule has 2 fully saturated rings. The minimum absolute atomic E-state index is 0.0110. The topological polar surface area (TPSA) is 88.1 Å². The number of nitrogens with zero attached hydrogens (tertiary/aromatic N) is 2. The van der Waals surface area contributed by atoms with Gasteiger partial charge < -0.3 is 16.0 Å². The average Bonchev–Trinajstić information content (AvgIpc) is 3.47. The van der Waals surface area contributed by atoms with Gasteiger partial charge in [0.1, 0.15) is 5.54 Å². The Morgan fingerprint density at radius 2 is 1.97 bits per heavy atom. The minimum Gasteiger partial charge on any atom is -0.350 e. The molecular weight excluding hydrogens is 366 g/mol. The van der Waals surface area contributed by atoms with Crippen molar-refractivity contribution >= 4 is 17.5 Å². The quantitative estimate of drug-likeness (QED) is 0.701. The Hall–Kier alpha value is -2.67. The number of piperidine rings is 1. The third-order valence-corrected chi connectivity index (χ3v) is 6.17. The van der Waals surface area contributed by atoms with Crippen molar-refractivity contribution in [1.29, 1.82) is 0 Å². The number of anilines is 1. The molecule has 0 unspecified atom stereocenters. The molecule has 2 aliphatic rings. The van der Waals surface area contributed by atoms with E-state index in [1.807, 2.05) is 36.5 Å². The molecule has 1 aliphatic heterocycles. The Morgan fingerprint density at radius 1 is 1.17 bits per heavy atom. The van der Waals surface area contributed by atoms with Gasteiger partial charge in [-0.3, -0.25) is 14.3 Å². The van der Waals surface area contributed by atoms with E-state index in [0.29, 0.717) is 19.4 Å². The van der Waals surface area contributed by atoms with Crippen LogP contribution in [0.3, 0.4) is 0 Å². The normalized spacial score (nSPS) is 19.0. The molecule has 1 aromatic heterocycles. The molecule has 1 aliphatic carbocycles. The van der Waals surface area contributed by atoms with Crippen molar-refractivity contribution in [2.75, 3.05) is 18.4 Å². The van der Waals surface area contributed by atoms with Gasteiger partial charge in [-0.2, -0.15) is 5.10 Å². The SMILES string of the molecule is O=C(Nc1cccc(CNC(=O)C2(n3cccn3)CCNCC2)c1)C1CCCC1. The van der Waals surface area contributed by atoms with E-state index < -0.39 is 5.54 Å². The Bertz CT molecular complexity index is 837. The molecule has 0 bridgehead atoms. The smallest absolute Gasteiger partial charge is 0.248 e. The summed E-state index contributed by atoms with van der Waals surface area (Å²) >= 11 is 0. The highest BCUT2D eigenvalue weighted by atomic mass is 16.2. The van der Waals surface area contributed by atoms with Gasteiger partial charge in [0.2, 0.25) is 11.8 Å². The Labute approximate surface area is 171 Å². The largest absolute Gasteiger partial charge is 0.350 e. The molecule has 154 valence electrons. The van der Waals surface area contributed by atoms with Crippen molar-refractivity contribution in [3.8, 4) is 0 Å². The van der Waals surface area contributed by atoms with Gasteiger partial charge >= 0.3 is 0 Å². The summed E-state index contributed by atoms with van der Waals surface area (Å²) in [5.74, 6) is 0.228. The highest BCUT2D eigenvalue weighted by molar-refractivity contribution is 5.92. The van der Waals surface area contributed by atoms with Crippen molar-refractivity contribution in [3.05, 3.63) is 48.3 Å². The van der Waals surface area contributed by atoms with E-state index in [0.717, 1.165) is 50.0 Å². The Morgan fingerprint density at radius 3 is 2.69 bits per heavy atom. The maximum absolute atomic E-state index is 13.2. The first-order valence-electron chi connectivity index (χ1n) is 10.6. The molecule has 0 atom stereocenters. The molecule has 3 N–H and O–H groups in total. The second-order valence-corrected chi connectivity index (χ2v) is 8.09. The van der Waals surface area contributed by atoms with Crippen molar-refractivity contribution in [1.82, 2.24) is 20.4 Å². The molecule has 29 heavy (non-hydrogen) atoms. The molecule has 1 saturated heterocycles. The van der Waals surface area contributed by atoms with E-state index in [-0.39, 0.29) is 17.7 Å². The van der Waals surface area contributed by atoms with Gasteiger partial charge in [0.25, 0.3) is 0 Å². The van der Waals surface area contributed by atoms with Crippen molar-refractivity contribution in [3.63, 3.8) is 0 Å². The summed E-state index contributed by atoms with van der Waals surface area (Å²) in [5.41, 5.74) is 1.10. The van der Waals surface area contributed by atoms with Gasteiger partial charge in [0.15, 0.2) is 0 Å². The molecule has 2 amide bonds. The molecule has 1 saturated carbocycles. The van der Waals surface area contributed by atoms with E-state index in [9.17, 15) is 9.59 Å². The third kappa shape index (κ3) is 4.34. The number of hydrogen-bond donors (Lipinski definition) is 3. The summed E-state index contributed by atoms with van der Waals surface area (Å²) in [6, 6.07) is 9.58. The monoisotopic (exact) mass is 395 g/mol. The summed E-state index contributed by atoms with van der Waals surface area (Å²) in [4.78, 5) is 25.5. The number of nitrogens with one attached hydrogen (secondary N) is 3. The summed E-state index contributed by atoms with van der Waals surface area (Å²) in [7, 11) is 0. The van der Waals surface area contributed by atoms with Gasteiger partial charge in [0, 0.05) is 30.5 Å². The van der Waals surface area contributed by atoms with Crippen LogP contribution in [0.25, 0.3) is 0 Å². The van der Waals surface area contributed by atoms with Crippen LogP contribution in [0, 0.1) is 5.92 Å². The number of hydrogen-bond acceptors (Lipinski definition) is 4. The predicted molar refractivity (Wildman–Crippen MR) is 111 cm³/mol. The van der Waals surface area contributed by atoms with Gasteiger partial charge in [-0.05, 0) is 62.5 Å². The lowest BCUT2D eigenvalue weighted by Crippen LogP contribution is -2.54. The maximum Gasteiger partial charge on any atom is 0.248 e. The van der Waals surface area contributed by atoms with Crippen LogP contribution in [-0.4, -0.2) is 34.7 Å². The van der Waals surface area contributed by atoms with Crippen molar-refractivity contribution in [2.45, 2.75) is 50.6 Å². The van der Waals surface area contributed by atoms with Gasteiger partial charge in [-0.1, -0.05) is 25.0 Å². The lowest BCUT2D eigenvalue weighted by Gasteiger charge is -2.36. The van der Waals surface area contributed by atoms with Crippen LogP contribution in [0.15, 0.2) is 42.7 Å². The summed E-state index contributed by atoms with van der Waals surface area (Å²) < 4.78 is 1.79. The Balaban J connectivity index is 1.40. The second kappa shape index (κ2) is 8.78. The number of rotatable bonds is 6. The van der Waals surface area contributed by atoms with Crippen LogP contribution < -0.4 is 16.0 Å². The van der Waals surface area contributed by atoms with E-state index in [1.54, 1.807) is 10.9 Å². The third-order valence-electron chi connectivity index (χ3n) is 6.17. The number of amides is 2. The molecular formula is C22H29N5O2. The molecule has 4 rings (SSSR count). The number of carbonyl (C=O) groups excluding carboxylic acids is 2. The Kier molecular flexibility index (Phi) is 5.94.